The lowest BCUT2D eigenvalue weighted by molar-refractivity contribution is -0.0155. The highest BCUT2D eigenvalue weighted by molar-refractivity contribution is 6.30. The average molecular weight is 356 g/mol. The maximum atomic E-state index is 13.3. The van der Waals surface area contributed by atoms with Crippen molar-refractivity contribution in [2.75, 3.05) is 39.3 Å². The van der Waals surface area contributed by atoms with Crippen LogP contribution in [0.3, 0.4) is 0 Å². The largest absolute Gasteiger partial charge is 0.370 e. The van der Waals surface area contributed by atoms with E-state index in [2.05, 4.69) is 10.6 Å². The summed E-state index contributed by atoms with van der Waals surface area (Å²) in [6.45, 7) is 4.17. The van der Waals surface area contributed by atoms with Crippen molar-refractivity contribution >= 4 is 17.6 Å². The van der Waals surface area contributed by atoms with E-state index in [9.17, 15) is 9.18 Å². The van der Waals surface area contributed by atoms with Gasteiger partial charge in [-0.1, -0.05) is 17.7 Å². The number of ether oxygens (including phenoxy) is 1. The number of carbonyl (C=O) groups is 1. The quantitative estimate of drug-likeness (QED) is 0.876. The van der Waals surface area contributed by atoms with Gasteiger partial charge in [0.05, 0.1) is 18.2 Å². The van der Waals surface area contributed by atoms with Crippen LogP contribution >= 0.6 is 11.6 Å². The molecule has 0 radical (unpaired) electrons. The number of halogens is 2. The number of benzene rings is 1. The van der Waals surface area contributed by atoms with Crippen LogP contribution in [-0.2, 0) is 4.74 Å². The second-order valence-corrected chi connectivity index (χ2v) is 6.78. The molecule has 2 fully saturated rings. The molecule has 0 spiro atoms. The van der Waals surface area contributed by atoms with Gasteiger partial charge in [0, 0.05) is 13.1 Å². The number of nitrogens with zero attached hydrogens (tertiary/aromatic N) is 1. The molecule has 24 heavy (non-hydrogen) atoms. The smallest absolute Gasteiger partial charge is 0.317 e. The van der Waals surface area contributed by atoms with E-state index in [0.717, 1.165) is 31.5 Å². The van der Waals surface area contributed by atoms with Gasteiger partial charge in [-0.3, -0.25) is 0 Å². The fraction of sp³-hybridized carbons (Fsp3) is 0.588. The highest BCUT2D eigenvalue weighted by Crippen LogP contribution is 2.26. The lowest BCUT2D eigenvalue weighted by atomic mass is 10.00. The highest BCUT2D eigenvalue weighted by atomic mass is 35.5. The summed E-state index contributed by atoms with van der Waals surface area (Å²) in [5, 5.41) is 6.44. The first-order chi connectivity index (χ1) is 11.6. The summed E-state index contributed by atoms with van der Waals surface area (Å²) in [7, 11) is 0. The molecule has 2 saturated heterocycles. The van der Waals surface area contributed by atoms with E-state index in [4.69, 9.17) is 16.3 Å². The maximum absolute atomic E-state index is 13.3. The van der Waals surface area contributed by atoms with Gasteiger partial charge in [-0.25, -0.2) is 9.18 Å². The predicted octanol–water partition coefficient (Wildman–Crippen LogP) is 2.56. The number of urea groups is 1. The fourth-order valence-corrected chi connectivity index (χ4v) is 3.38. The molecule has 7 heteroatoms. The summed E-state index contributed by atoms with van der Waals surface area (Å²) in [4.78, 5) is 14.1. The number of carbonyl (C=O) groups excluding carboxylic acids is 1. The zero-order valence-corrected chi connectivity index (χ0v) is 14.3. The number of piperidine rings is 1. The molecule has 0 bridgehead atoms. The molecule has 5 nitrogen and oxygen atoms in total. The molecule has 2 aliphatic rings. The molecule has 132 valence electrons. The Balaban J connectivity index is 1.54. The number of nitrogens with one attached hydrogen (secondary N) is 2. The monoisotopic (exact) mass is 355 g/mol. The lowest BCUT2D eigenvalue weighted by Gasteiger charge is -2.34. The van der Waals surface area contributed by atoms with Crippen LogP contribution in [0.5, 0.6) is 0 Å². The second kappa shape index (κ2) is 8.14. The molecule has 2 amide bonds. The highest BCUT2D eigenvalue weighted by Gasteiger charge is 2.26. The van der Waals surface area contributed by atoms with E-state index in [0.29, 0.717) is 32.2 Å². The van der Waals surface area contributed by atoms with Gasteiger partial charge in [-0.05, 0) is 49.5 Å². The summed E-state index contributed by atoms with van der Waals surface area (Å²) >= 11 is 5.84. The Hall–Kier alpha value is -1.37. The van der Waals surface area contributed by atoms with Crippen molar-refractivity contribution in [1.82, 2.24) is 15.5 Å². The zero-order valence-electron chi connectivity index (χ0n) is 13.6. The van der Waals surface area contributed by atoms with Crippen molar-refractivity contribution in [3.8, 4) is 0 Å². The van der Waals surface area contributed by atoms with Crippen molar-refractivity contribution < 1.29 is 13.9 Å². The molecule has 2 heterocycles. The molecule has 0 saturated carbocycles. The molecular weight excluding hydrogens is 333 g/mol. The van der Waals surface area contributed by atoms with Gasteiger partial charge in [-0.2, -0.15) is 0 Å². The molecule has 3 rings (SSSR count). The lowest BCUT2D eigenvalue weighted by Crippen LogP contribution is -2.49. The maximum Gasteiger partial charge on any atom is 0.317 e. The van der Waals surface area contributed by atoms with Gasteiger partial charge >= 0.3 is 6.03 Å². The first-order valence-corrected chi connectivity index (χ1v) is 8.81. The van der Waals surface area contributed by atoms with Gasteiger partial charge < -0.3 is 20.3 Å². The van der Waals surface area contributed by atoms with Gasteiger partial charge in [0.15, 0.2) is 0 Å². The molecule has 0 aromatic heterocycles. The van der Waals surface area contributed by atoms with Crippen molar-refractivity contribution in [2.45, 2.75) is 18.9 Å². The van der Waals surface area contributed by atoms with Crippen LogP contribution in [0.4, 0.5) is 9.18 Å². The van der Waals surface area contributed by atoms with Crippen LogP contribution in [-0.4, -0.2) is 50.3 Å². The second-order valence-electron chi connectivity index (χ2n) is 6.38. The third-order valence-electron chi connectivity index (χ3n) is 4.61. The first-order valence-electron chi connectivity index (χ1n) is 8.43. The normalized spacial score (nSPS) is 24.7. The number of morpholine rings is 1. The Morgan fingerprint density at radius 2 is 2.38 bits per heavy atom. The van der Waals surface area contributed by atoms with Crippen LogP contribution in [0, 0.1) is 11.7 Å². The topological polar surface area (TPSA) is 53.6 Å². The summed E-state index contributed by atoms with van der Waals surface area (Å²) in [5.74, 6) is 0.0439. The van der Waals surface area contributed by atoms with Crippen LogP contribution in [0.15, 0.2) is 18.2 Å². The molecular formula is C17H23ClFN3O2. The summed E-state index contributed by atoms with van der Waals surface area (Å²) in [5.41, 5.74) is 0.787. The van der Waals surface area contributed by atoms with E-state index >= 15 is 0 Å². The Kier molecular flexibility index (Phi) is 5.92. The number of rotatable bonds is 3. The summed E-state index contributed by atoms with van der Waals surface area (Å²) < 4.78 is 19.0. The summed E-state index contributed by atoms with van der Waals surface area (Å²) in [6, 6.07) is 4.48. The van der Waals surface area contributed by atoms with E-state index in [1.807, 2.05) is 0 Å². The third kappa shape index (κ3) is 4.37. The van der Waals surface area contributed by atoms with Crippen LogP contribution in [0.1, 0.15) is 24.5 Å². The number of hydrogen-bond acceptors (Lipinski definition) is 3. The Morgan fingerprint density at radius 3 is 3.12 bits per heavy atom. The van der Waals surface area contributed by atoms with E-state index in [-0.39, 0.29) is 17.2 Å². The number of hydrogen-bond donors (Lipinski definition) is 2. The molecule has 1 aromatic carbocycles. The van der Waals surface area contributed by atoms with Crippen molar-refractivity contribution in [3.63, 3.8) is 0 Å². The SMILES string of the molecule is O=C(NCC1CCCNC1)N1CCOC(c2ccc(F)c(Cl)c2)C1. The molecule has 2 unspecified atom stereocenters. The minimum absolute atomic E-state index is 0.0675. The van der Waals surface area contributed by atoms with Crippen molar-refractivity contribution in [1.29, 1.82) is 0 Å². The molecule has 2 aliphatic heterocycles. The average Bonchev–Trinajstić information content (AvgIpc) is 2.63. The van der Waals surface area contributed by atoms with E-state index in [1.54, 1.807) is 17.0 Å². The van der Waals surface area contributed by atoms with Crippen LogP contribution < -0.4 is 10.6 Å². The van der Waals surface area contributed by atoms with Crippen LogP contribution in [0.25, 0.3) is 0 Å². The third-order valence-corrected chi connectivity index (χ3v) is 4.90. The minimum Gasteiger partial charge on any atom is -0.370 e. The molecule has 2 N–H and O–H groups in total. The van der Waals surface area contributed by atoms with Gasteiger partial charge in [0.1, 0.15) is 11.9 Å². The molecule has 1 aromatic rings. The van der Waals surface area contributed by atoms with Crippen LogP contribution in [0.2, 0.25) is 5.02 Å². The van der Waals surface area contributed by atoms with Gasteiger partial charge in [0.2, 0.25) is 0 Å². The molecule has 0 aliphatic carbocycles. The van der Waals surface area contributed by atoms with Gasteiger partial charge in [-0.15, -0.1) is 0 Å². The number of amides is 2. The Morgan fingerprint density at radius 1 is 1.50 bits per heavy atom. The Bertz CT molecular complexity index is 581. The van der Waals surface area contributed by atoms with E-state index in [1.165, 1.54) is 6.07 Å². The minimum atomic E-state index is -0.452. The van der Waals surface area contributed by atoms with E-state index < -0.39 is 5.82 Å². The first kappa shape index (κ1) is 17.5. The molecule has 2 atom stereocenters. The Labute approximate surface area is 146 Å². The standard InChI is InChI=1S/C17H23ClFN3O2/c18-14-8-13(3-4-15(14)19)16-11-22(6-7-24-16)17(23)21-10-12-2-1-5-20-9-12/h3-4,8,12,16,20H,1-2,5-7,9-11H2,(H,21,23). The fourth-order valence-electron chi connectivity index (χ4n) is 3.19. The van der Waals surface area contributed by atoms with Gasteiger partial charge in [0.25, 0.3) is 0 Å². The summed E-state index contributed by atoms with van der Waals surface area (Å²) in [6.07, 6.45) is 2.03. The predicted molar refractivity (Wildman–Crippen MR) is 90.7 cm³/mol. The van der Waals surface area contributed by atoms with Crippen molar-refractivity contribution in [2.24, 2.45) is 5.92 Å². The van der Waals surface area contributed by atoms with Crippen molar-refractivity contribution in [3.05, 3.63) is 34.6 Å². The zero-order chi connectivity index (χ0) is 16.9.